The number of amides is 1. The number of carbonyl (C=O) groups is 1. The van der Waals surface area contributed by atoms with Crippen LogP contribution in [-0.4, -0.2) is 19.0 Å². The fraction of sp³-hybridized carbons (Fsp3) is 0.500. The minimum absolute atomic E-state index is 0.125. The molecular formula is C14H22N2O. The average molecular weight is 234 g/mol. The number of anilines is 1. The van der Waals surface area contributed by atoms with Gasteiger partial charge in [-0.05, 0) is 25.0 Å². The Hall–Kier alpha value is -1.51. The van der Waals surface area contributed by atoms with Gasteiger partial charge in [-0.25, -0.2) is 0 Å². The van der Waals surface area contributed by atoms with Crippen molar-refractivity contribution in [1.82, 2.24) is 5.32 Å². The predicted molar refractivity (Wildman–Crippen MR) is 72.2 cm³/mol. The minimum atomic E-state index is 0.125. The van der Waals surface area contributed by atoms with Crippen LogP contribution in [-0.2, 0) is 4.79 Å². The van der Waals surface area contributed by atoms with Gasteiger partial charge in [-0.2, -0.15) is 0 Å². The van der Waals surface area contributed by atoms with Gasteiger partial charge in [0.1, 0.15) is 0 Å². The summed E-state index contributed by atoms with van der Waals surface area (Å²) in [6, 6.07) is 8.10. The maximum atomic E-state index is 11.4. The first-order valence-corrected chi connectivity index (χ1v) is 6.30. The van der Waals surface area contributed by atoms with Crippen molar-refractivity contribution in [3.8, 4) is 0 Å². The molecule has 0 aliphatic carbocycles. The van der Waals surface area contributed by atoms with Crippen molar-refractivity contribution in [3.63, 3.8) is 0 Å². The zero-order valence-electron chi connectivity index (χ0n) is 10.8. The highest BCUT2D eigenvalue weighted by molar-refractivity contribution is 5.76. The maximum absolute atomic E-state index is 11.4. The van der Waals surface area contributed by atoms with Gasteiger partial charge in [0.2, 0.25) is 5.91 Å². The van der Waals surface area contributed by atoms with Crippen molar-refractivity contribution in [2.45, 2.75) is 33.1 Å². The van der Waals surface area contributed by atoms with E-state index in [1.54, 1.807) is 0 Å². The Kier molecular flexibility index (Phi) is 6.15. The number of benzene rings is 1. The van der Waals surface area contributed by atoms with Gasteiger partial charge in [0.15, 0.2) is 0 Å². The van der Waals surface area contributed by atoms with Crippen LogP contribution in [0.15, 0.2) is 24.3 Å². The zero-order chi connectivity index (χ0) is 12.5. The van der Waals surface area contributed by atoms with Crippen LogP contribution in [0.4, 0.5) is 5.69 Å². The lowest BCUT2D eigenvalue weighted by Gasteiger charge is -2.09. The molecule has 3 nitrogen and oxygen atoms in total. The molecule has 2 N–H and O–H groups in total. The Bertz CT molecular complexity index is 350. The highest BCUT2D eigenvalue weighted by Gasteiger charge is 2.00. The van der Waals surface area contributed by atoms with Crippen LogP contribution in [0.2, 0.25) is 0 Å². The molecule has 0 atom stereocenters. The maximum Gasteiger partial charge on any atom is 0.221 e. The molecule has 0 aliphatic heterocycles. The minimum Gasteiger partial charge on any atom is -0.384 e. The van der Waals surface area contributed by atoms with E-state index in [-0.39, 0.29) is 5.91 Å². The second-order valence-corrected chi connectivity index (χ2v) is 4.20. The summed E-state index contributed by atoms with van der Waals surface area (Å²) in [5.74, 6) is 0.125. The number of unbranched alkanes of at least 4 members (excludes halogenated alkanes) is 1. The Morgan fingerprint density at radius 2 is 2.00 bits per heavy atom. The summed E-state index contributed by atoms with van der Waals surface area (Å²) in [4.78, 5) is 11.4. The molecule has 1 amide bonds. The number of hydrogen-bond donors (Lipinski definition) is 2. The molecule has 94 valence electrons. The summed E-state index contributed by atoms with van der Waals surface area (Å²) in [5, 5.41) is 6.18. The molecule has 3 heteroatoms. The summed E-state index contributed by atoms with van der Waals surface area (Å²) < 4.78 is 0. The fourth-order valence-electron chi connectivity index (χ4n) is 1.57. The van der Waals surface area contributed by atoms with Gasteiger partial charge in [-0.3, -0.25) is 4.79 Å². The first kappa shape index (κ1) is 13.6. The average Bonchev–Trinajstić information content (AvgIpc) is 2.32. The van der Waals surface area contributed by atoms with Gasteiger partial charge in [0.05, 0.1) is 0 Å². The second-order valence-electron chi connectivity index (χ2n) is 4.20. The van der Waals surface area contributed by atoms with Crippen LogP contribution < -0.4 is 10.6 Å². The first-order valence-electron chi connectivity index (χ1n) is 6.30. The first-order chi connectivity index (χ1) is 8.24. The van der Waals surface area contributed by atoms with E-state index in [2.05, 4.69) is 30.5 Å². The van der Waals surface area contributed by atoms with E-state index in [1.165, 1.54) is 5.56 Å². The summed E-state index contributed by atoms with van der Waals surface area (Å²) in [6.07, 6.45) is 2.69. The smallest absolute Gasteiger partial charge is 0.221 e. The lowest BCUT2D eigenvalue weighted by atomic mass is 10.2. The number of hydrogen-bond acceptors (Lipinski definition) is 2. The Morgan fingerprint density at radius 3 is 2.71 bits per heavy atom. The van der Waals surface area contributed by atoms with E-state index >= 15 is 0 Å². The van der Waals surface area contributed by atoms with E-state index in [0.29, 0.717) is 13.0 Å². The number of para-hydroxylation sites is 1. The molecular weight excluding hydrogens is 212 g/mol. The summed E-state index contributed by atoms with van der Waals surface area (Å²) in [6.45, 7) is 5.65. The van der Waals surface area contributed by atoms with Gasteiger partial charge in [-0.15, -0.1) is 0 Å². The lowest BCUT2D eigenvalue weighted by Crippen LogP contribution is -2.26. The fourth-order valence-corrected chi connectivity index (χ4v) is 1.57. The molecule has 0 saturated heterocycles. The molecule has 0 spiro atoms. The number of rotatable bonds is 7. The quantitative estimate of drug-likeness (QED) is 0.712. The highest BCUT2D eigenvalue weighted by atomic mass is 16.1. The standard InChI is InChI=1S/C14H22N2O/c1-3-4-10-16-14(17)9-11-15-13-8-6-5-7-12(13)2/h5-8,15H,3-4,9-11H2,1-2H3,(H,16,17). The third-order valence-electron chi connectivity index (χ3n) is 2.67. The van der Waals surface area contributed by atoms with Crippen molar-refractivity contribution in [2.24, 2.45) is 0 Å². The van der Waals surface area contributed by atoms with Crippen molar-refractivity contribution in [3.05, 3.63) is 29.8 Å². The molecule has 0 unspecified atom stereocenters. The molecule has 1 aromatic carbocycles. The predicted octanol–water partition coefficient (Wildman–Crippen LogP) is 2.71. The summed E-state index contributed by atoms with van der Waals surface area (Å²) in [5.41, 5.74) is 2.31. The van der Waals surface area contributed by atoms with Crippen molar-refractivity contribution < 1.29 is 4.79 Å². The molecule has 0 fully saturated rings. The normalized spacial score (nSPS) is 10.0. The van der Waals surface area contributed by atoms with E-state index in [4.69, 9.17) is 0 Å². The summed E-state index contributed by atoms with van der Waals surface area (Å²) in [7, 11) is 0. The van der Waals surface area contributed by atoms with Gasteiger partial charge < -0.3 is 10.6 Å². The third kappa shape index (κ3) is 5.38. The third-order valence-corrected chi connectivity index (χ3v) is 2.67. The van der Waals surface area contributed by atoms with E-state index < -0.39 is 0 Å². The molecule has 0 aliphatic rings. The number of nitrogens with one attached hydrogen (secondary N) is 2. The van der Waals surface area contributed by atoms with Crippen molar-refractivity contribution >= 4 is 11.6 Å². The molecule has 0 radical (unpaired) electrons. The molecule has 1 rings (SSSR count). The van der Waals surface area contributed by atoms with Crippen LogP contribution in [0.3, 0.4) is 0 Å². The van der Waals surface area contributed by atoms with Crippen molar-refractivity contribution in [2.75, 3.05) is 18.4 Å². The largest absolute Gasteiger partial charge is 0.384 e. The molecule has 17 heavy (non-hydrogen) atoms. The van der Waals surface area contributed by atoms with Gasteiger partial charge >= 0.3 is 0 Å². The topological polar surface area (TPSA) is 41.1 Å². The molecule has 0 aromatic heterocycles. The van der Waals surface area contributed by atoms with Crippen LogP contribution in [0.1, 0.15) is 31.7 Å². The van der Waals surface area contributed by atoms with E-state index in [1.807, 2.05) is 18.2 Å². The Balaban J connectivity index is 2.19. The molecule has 0 heterocycles. The van der Waals surface area contributed by atoms with E-state index in [0.717, 1.165) is 25.1 Å². The molecule has 1 aromatic rings. The van der Waals surface area contributed by atoms with Gasteiger partial charge in [0.25, 0.3) is 0 Å². The monoisotopic (exact) mass is 234 g/mol. The Morgan fingerprint density at radius 1 is 1.24 bits per heavy atom. The molecule has 0 saturated carbocycles. The zero-order valence-corrected chi connectivity index (χ0v) is 10.8. The van der Waals surface area contributed by atoms with Crippen molar-refractivity contribution in [1.29, 1.82) is 0 Å². The van der Waals surface area contributed by atoms with E-state index in [9.17, 15) is 4.79 Å². The Labute approximate surface area is 104 Å². The lowest BCUT2D eigenvalue weighted by molar-refractivity contribution is -0.120. The molecule has 0 bridgehead atoms. The number of aryl methyl sites for hydroxylation is 1. The van der Waals surface area contributed by atoms with Gasteiger partial charge in [-0.1, -0.05) is 31.5 Å². The van der Waals surface area contributed by atoms with Crippen LogP contribution in [0.5, 0.6) is 0 Å². The number of carbonyl (C=O) groups excluding carboxylic acids is 1. The second kappa shape index (κ2) is 7.71. The van der Waals surface area contributed by atoms with Gasteiger partial charge in [0, 0.05) is 25.2 Å². The summed E-state index contributed by atoms with van der Waals surface area (Å²) >= 11 is 0. The highest BCUT2D eigenvalue weighted by Crippen LogP contribution is 2.12. The van der Waals surface area contributed by atoms with Crippen LogP contribution in [0.25, 0.3) is 0 Å². The van der Waals surface area contributed by atoms with Crippen LogP contribution in [0, 0.1) is 6.92 Å². The van der Waals surface area contributed by atoms with Crippen LogP contribution >= 0.6 is 0 Å². The SMILES string of the molecule is CCCCNC(=O)CCNc1ccccc1C.